The lowest BCUT2D eigenvalue weighted by Crippen LogP contribution is -2.40. The maximum Gasteiger partial charge on any atom is 0.223 e. The molecule has 2 aromatic carbocycles. The van der Waals surface area contributed by atoms with Gasteiger partial charge < -0.3 is 19.5 Å². The van der Waals surface area contributed by atoms with Gasteiger partial charge in [-0.15, -0.1) is 0 Å². The summed E-state index contributed by atoms with van der Waals surface area (Å²) in [5, 5.41) is 3.17. The van der Waals surface area contributed by atoms with Gasteiger partial charge in [-0.25, -0.2) is 0 Å². The molecular weight excluding hydrogens is 380 g/mol. The van der Waals surface area contributed by atoms with Gasteiger partial charge in [0.1, 0.15) is 0 Å². The average Bonchev–Trinajstić information content (AvgIpc) is 2.79. The highest BCUT2D eigenvalue weighted by molar-refractivity contribution is 5.79. The van der Waals surface area contributed by atoms with E-state index in [0.717, 1.165) is 43.6 Å². The Balaban J connectivity index is 1.55. The van der Waals surface area contributed by atoms with E-state index in [1.165, 1.54) is 0 Å². The van der Waals surface area contributed by atoms with E-state index in [0.29, 0.717) is 17.2 Å². The number of hydrogen-bond donors (Lipinski definition) is 1. The summed E-state index contributed by atoms with van der Waals surface area (Å²) in [6.45, 7) is 4.58. The normalized spacial score (nSPS) is 16.0. The molecule has 1 aliphatic rings. The van der Waals surface area contributed by atoms with Crippen molar-refractivity contribution in [2.75, 3.05) is 34.4 Å². The number of benzene rings is 2. The van der Waals surface area contributed by atoms with E-state index in [2.05, 4.69) is 10.2 Å². The molecule has 1 heterocycles. The van der Waals surface area contributed by atoms with Gasteiger partial charge in [-0.3, -0.25) is 9.69 Å². The van der Waals surface area contributed by atoms with Gasteiger partial charge in [0, 0.05) is 12.5 Å². The molecule has 1 amide bonds. The summed E-state index contributed by atoms with van der Waals surface area (Å²) < 4.78 is 16.3. The zero-order valence-electron chi connectivity index (χ0n) is 18.3. The highest BCUT2D eigenvalue weighted by Gasteiger charge is 2.26. The summed E-state index contributed by atoms with van der Waals surface area (Å²) in [6.07, 6.45) is 1.72. The molecule has 162 valence electrons. The van der Waals surface area contributed by atoms with E-state index in [1.54, 1.807) is 21.3 Å². The summed E-state index contributed by atoms with van der Waals surface area (Å²) in [5.41, 5.74) is 2.23. The summed E-state index contributed by atoms with van der Waals surface area (Å²) >= 11 is 0. The number of hydrogen-bond acceptors (Lipinski definition) is 5. The van der Waals surface area contributed by atoms with Crippen LogP contribution in [0, 0.1) is 5.92 Å². The first-order chi connectivity index (χ1) is 14.5. The molecule has 0 spiro atoms. The van der Waals surface area contributed by atoms with Gasteiger partial charge in [0.05, 0.1) is 27.4 Å². The van der Waals surface area contributed by atoms with Crippen LogP contribution in [0.4, 0.5) is 0 Å². The van der Waals surface area contributed by atoms with Crippen LogP contribution in [0.2, 0.25) is 0 Å². The van der Waals surface area contributed by atoms with Crippen LogP contribution in [0.1, 0.15) is 36.9 Å². The summed E-state index contributed by atoms with van der Waals surface area (Å²) in [4.78, 5) is 15.1. The Morgan fingerprint density at radius 2 is 1.63 bits per heavy atom. The lowest BCUT2D eigenvalue weighted by Gasteiger charge is -2.32. The number of amides is 1. The van der Waals surface area contributed by atoms with Gasteiger partial charge in [-0.05, 0) is 56.1 Å². The van der Waals surface area contributed by atoms with Crippen molar-refractivity contribution in [3.63, 3.8) is 0 Å². The maximum atomic E-state index is 12.7. The molecule has 0 aliphatic carbocycles. The lowest BCUT2D eigenvalue weighted by atomic mass is 9.94. The number of methoxy groups -OCH3 is 3. The minimum Gasteiger partial charge on any atom is -0.493 e. The monoisotopic (exact) mass is 412 g/mol. The van der Waals surface area contributed by atoms with Gasteiger partial charge in [0.2, 0.25) is 11.7 Å². The van der Waals surface area contributed by atoms with Crippen molar-refractivity contribution in [1.82, 2.24) is 10.2 Å². The van der Waals surface area contributed by atoms with E-state index < -0.39 is 0 Å². The van der Waals surface area contributed by atoms with Crippen LogP contribution in [-0.4, -0.2) is 45.2 Å². The number of carbonyl (C=O) groups is 1. The number of nitrogens with zero attached hydrogens (tertiary/aromatic N) is 1. The van der Waals surface area contributed by atoms with E-state index in [-0.39, 0.29) is 17.9 Å². The fourth-order valence-electron chi connectivity index (χ4n) is 3.99. The van der Waals surface area contributed by atoms with Gasteiger partial charge >= 0.3 is 0 Å². The van der Waals surface area contributed by atoms with E-state index in [9.17, 15) is 4.79 Å². The summed E-state index contributed by atoms with van der Waals surface area (Å²) in [7, 11) is 4.86. The second-order valence-corrected chi connectivity index (χ2v) is 7.72. The molecule has 1 aliphatic heterocycles. The van der Waals surface area contributed by atoms with E-state index >= 15 is 0 Å². The molecule has 0 aromatic heterocycles. The third-order valence-electron chi connectivity index (χ3n) is 5.75. The largest absolute Gasteiger partial charge is 0.493 e. The first-order valence-electron chi connectivity index (χ1n) is 10.4. The molecule has 6 nitrogen and oxygen atoms in total. The van der Waals surface area contributed by atoms with E-state index in [1.807, 2.05) is 49.4 Å². The number of likely N-dealkylation sites (tertiary alicyclic amines) is 1. The van der Waals surface area contributed by atoms with Gasteiger partial charge in [0.25, 0.3) is 0 Å². The van der Waals surface area contributed by atoms with Crippen LogP contribution in [0.25, 0.3) is 0 Å². The predicted molar refractivity (Wildman–Crippen MR) is 117 cm³/mol. The quantitative estimate of drug-likeness (QED) is 0.715. The molecule has 6 heteroatoms. The molecule has 2 aromatic rings. The van der Waals surface area contributed by atoms with Crippen molar-refractivity contribution in [2.45, 2.75) is 32.4 Å². The second-order valence-electron chi connectivity index (χ2n) is 7.72. The van der Waals surface area contributed by atoms with Crippen molar-refractivity contribution < 1.29 is 19.0 Å². The minimum absolute atomic E-state index is 0.0240. The third kappa shape index (κ3) is 5.25. The standard InChI is InChI=1S/C24H32N2O4/c1-17(19-8-6-5-7-9-19)25-24(27)20-10-12-26(13-11-20)16-18-14-21(28-2)23(30-4)22(15-18)29-3/h5-9,14-15,17,20H,10-13,16H2,1-4H3,(H,25,27)/t17-/m1/s1. The highest BCUT2D eigenvalue weighted by atomic mass is 16.5. The zero-order chi connectivity index (χ0) is 21.5. The molecular formula is C24H32N2O4. The SMILES string of the molecule is COc1cc(CN2CCC(C(=O)N[C@H](C)c3ccccc3)CC2)cc(OC)c1OC. The third-order valence-corrected chi connectivity index (χ3v) is 5.75. The Hall–Kier alpha value is -2.73. The van der Waals surface area contributed by atoms with Crippen LogP contribution in [0.5, 0.6) is 17.2 Å². The minimum atomic E-state index is 0.0240. The average molecular weight is 413 g/mol. The van der Waals surface area contributed by atoms with Crippen LogP contribution < -0.4 is 19.5 Å². The molecule has 0 unspecified atom stereocenters. The molecule has 0 saturated carbocycles. The Morgan fingerprint density at radius 3 is 2.17 bits per heavy atom. The molecule has 30 heavy (non-hydrogen) atoms. The molecule has 0 radical (unpaired) electrons. The number of carbonyl (C=O) groups excluding carboxylic acids is 1. The fraction of sp³-hybridized carbons (Fsp3) is 0.458. The lowest BCUT2D eigenvalue weighted by molar-refractivity contribution is -0.127. The van der Waals surface area contributed by atoms with Crippen LogP contribution in [-0.2, 0) is 11.3 Å². The Labute approximate surface area is 179 Å². The Bertz CT molecular complexity index is 807. The highest BCUT2D eigenvalue weighted by Crippen LogP contribution is 2.38. The first kappa shape index (κ1) is 22.0. The van der Waals surface area contributed by atoms with E-state index in [4.69, 9.17) is 14.2 Å². The summed E-state index contributed by atoms with van der Waals surface area (Å²) in [5.74, 6) is 2.14. The smallest absolute Gasteiger partial charge is 0.223 e. The van der Waals surface area contributed by atoms with Crippen LogP contribution >= 0.6 is 0 Å². The number of rotatable bonds is 8. The van der Waals surface area contributed by atoms with Gasteiger partial charge in [0.15, 0.2) is 11.5 Å². The Kier molecular flexibility index (Phi) is 7.57. The number of piperidine rings is 1. The molecule has 1 saturated heterocycles. The second kappa shape index (κ2) is 10.3. The van der Waals surface area contributed by atoms with Crippen molar-refractivity contribution >= 4 is 5.91 Å². The molecule has 1 fully saturated rings. The number of ether oxygens (including phenoxy) is 3. The topological polar surface area (TPSA) is 60.0 Å². The van der Waals surface area contributed by atoms with Crippen molar-refractivity contribution in [2.24, 2.45) is 5.92 Å². The maximum absolute atomic E-state index is 12.7. The van der Waals surface area contributed by atoms with Gasteiger partial charge in [-0.1, -0.05) is 30.3 Å². The van der Waals surface area contributed by atoms with Crippen molar-refractivity contribution in [3.05, 3.63) is 53.6 Å². The summed E-state index contributed by atoms with van der Waals surface area (Å²) in [6, 6.07) is 14.1. The zero-order valence-corrected chi connectivity index (χ0v) is 18.3. The molecule has 1 atom stereocenters. The molecule has 0 bridgehead atoms. The predicted octanol–water partition coefficient (Wildman–Crippen LogP) is 3.80. The molecule has 1 N–H and O–H groups in total. The Morgan fingerprint density at radius 1 is 1.03 bits per heavy atom. The van der Waals surface area contributed by atoms with Crippen molar-refractivity contribution in [3.8, 4) is 17.2 Å². The van der Waals surface area contributed by atoms with Crippen LogP contribution in [0.15, 0.2) is 42.5 Å². The van der Waals surface area contributed by atoms with Crippen molar-refractivity contribution in [1.29, 1.82) is 0 Å². The first-order valence-corrected chi connectivity index (χ1v) is 10.4. The fourth-order valence-corrected chi connectivity index (χ4v) is 3.99. The van der Waals surface area contributed by atoms with Gasteiger partial charge in [-0.2, -0.15) is 0 Å². The number of nitrogens with one attached hydrogen (secondary N) is 1. The molecule has 3 rings (SSSR count). The van der Waals surface area contributed by atoms with Crippen LogP contribution in [0.3, 0.4) is 0 Å².